The fraction of sp³-hybridized carbons (Fsp3) is 0.100. The molecule has 0 fully saturated rings. The largest absolute Gasteiger partial charge is 0.417 e. The summed E-state index contributed by atoms with van der Waals surface area (Å²) in [6.45, 7) is 0. The van der Waals surface area contributed by atoms with E-state index in [4.69, 9.17) is 5.73 Å². The van der Waals surface area contributed by atoms with Crippen LogP contribution in [0, 0.1) is 0 Å². The molecular formula is C10H7F3N2O. The van der Waals surface area contributed by atoms with E-state index in [0.29, 0.717) is 0 Å². The van der Waals surface area contributed by atoms with Gasteiger partial charge in [-0.3, -0.25) is 0 Å². The summed E-state index contributed by atoms with van der Waals surface area (Å²) in [6.07, 6.45) is -3.26. The van der Waals surface area contributed by atoms with Crippen LogP contribution in [0.5, 0.6) is 0 Å². The van der Waals surface area contributed by atoms with Gasteiger partial charge in [-0.25, -0.2) is 0 Å². The molecule has 1 aromatic carbocycles. The Labute approximate surface area is 88.7 Å². The highest BCUT2D eigenvalue weighted by Gasteiger charge is 2.34. The average molecular weight is 228 g/mol. The third-order valence-corrected chi connectivity index (χ3v) is 2.12. The highest BCUT2D eigenvalue weighted by Crippen LogP contribution is 2.38. The summed E-state index contributed by atoms with van der Waals surface area (Å²) in [6, 6.07) is 5.13. The van der Waals surface area contributed by atoms with Crippen LogP contribution in [0.1, 0.15) is 5.56 Å². The number of nitrogens with zero attached hydrogens (tertiary/aromatic N) is 1. The molecule has 1 heterocycles. The van der Waals surface area contributed by atoms with Crippen LogP contribution in [0.25, 0.3) is 11.1 Å². The molecule has 0 aliphatic carbocycles. The van der Waals surface area contributed by atoms with Crippen molar-refractivity contribution in [3.8, 4) is 11.1 Å². The van der Waals surface area contributed by atoms with Gasteiger partial charge in [0.15, 0.2) is 0 Å². The van der Waals surface area contributed by atoms with Crippen LogP contribution < -0.4 is 5.73 Å². The number of halogens is 3. The quantitative estimate of drug-likeness (QED) is 0.816. The SMILES string of the molecule is Nc1oncc1-c1ccccc1C(F)(F)F. The highest BCUT2D eigenvalue weighted by molar-refractivity contribution is 5.75. The normalized spacial score (nSPS) is 11.7. The number of nitrogens with two attached hydrogens (primary N) is 1. The Morgan fingerprint density at radius 1 is 1.12 bits per heavy atom. The zero-order chi connectivity index (χ0) is 11.8. The van der Waals surface area contributed by atoms with Gasteiger partial charge in [-0.05, 0) is 6.07 Å². The number of hydrogen-bond donors (Lipinski definition) is 1. The van der Waals surface area contributed by atoms with E-state index in [9.17, 15) is 13.2 Å². The van der Waals surface area contributed by atoms with Crippen LogP contribution in [0.2, 0.25) is 0 Å². The fourth-order valence-corrected chi connectivity index (χ4v) is 1.42. The van der Waals surface area contributed by atoms with Gasteiger partial charge in [-0.2, -0.15) is 13.2 Å². The van der Waals surface area contributed by atoms with Crippen molar-refractivity contribution >= 4 is 5.88 Å². The molecule has 84 valence electrons. The van der Waals surface area contributed by atoms with Crippen molar-refractivity contribution in [3.05, 3.63) is 36.0 Å². The van der Waals surface area contributed by atoms with Crippen LogP contribution >= 0.6 is 0 Å². The molecule has 0 bridgehead atoms. The first-order valence-electron chi connectivity index (χ1n) is 4.37. The van der Waals surface area contributed by atoms with Gasteiger partial charge in [0.25, 0.3) is 0 Å². The minimum absolute atomic E-state index is 0.0336. The molecular weight excluding hydrogens is 221 g/mol. The first kappa shape index (κ1) is 10.5. The number of aromatic nitrogens is 1. The van der Waals surface area contributed by atoms with Crippen molar-refractivity contribution < 1.29 is 17.7 Å². The van der Waals surface area contributed by atoms with Gasteiger partial charge < -0.3 is 10.3 Å². The van der Waals surface area contributed by atoms with Gasteiger partial charge in [0, 0.05) is 5.56 Å². The third-order valence-electron chi connectivity index (χ3n) is 2.12. The van der Waals surface area contributed by atoms with Crippen molar-refractivity contribution in [2.75, 3.05) is 5.73 Å². The lowest BCUT2D eigenvalue weighted by molar-refractivity contribution is -0.137. The Bertz CT molecular complexity index is 505. The van der Waals surface area contributed by atoms with Crippen molar-refractivity contribution in [1.29, 1.82) is 0 Å². The lowest BCUT2D eigenvalue weighted by Gasteiger charge is -2.11. The average Bonchev–Trinajstić information content (AvgIpc) is 2.63. The standard InChI is InChI=1S/C10H7F3N2O/c11-10(12,13)8-4-2-1-3-6(8)7-5-15-16-9(7)14/h1-5H,14H2. The molecule has 2 N–H and O–H groups in total. The third kappa shape index (κ3) is 1.73. The molecule has 0 spiro atoms. The minimum atomic E-state index is -4.43. The molecule has 0 unspecified atom stereocenters. The lowest BCUT2D eigenvalue weighted by Crippen LogP contribution is -2.07. The maximum Gasteiger partial charge on any atom is 0.417 e. The Kier molecular flexibility index (Phi) is 2.34. The van der Waals surface area contributed by atoms with Gasteiger partial charge in [0.2, 0.25) is 5.88 Å². The monoisotopic (exact) mass is 228 g/mol. The van der Waals surface area contributed by atoms with E-state index in [1.165, 1.54) is 24.4 Å². The van der Waals surface area contributed by atoms with Gasteiger partial charge in [0.05, 0.1) is 17.3 Å². The van der Waals surface area contributed by atoms with E-state index in [2.05, 4.69) is 9.68 Å². The number of anilines is 1. The van der Waals surface area contributed by atoms with E-state index >= 15 is 0 Å². The van der Waals surface area contributed by atoms with Crippen LogP contribution in [-0.4, -0.2) is 5.16 Å². The number of hydrogen-bond acceptors (Lipinski definition) is 3. The molecule has 0 aliphatic rings. The maximum atomic E-state index is 12.7. The minimum Gasteiger partial charge on any atom is -0.367 e. The summed E-state index contributed by atoms with van der Waals surface area (Å²) in [4.78, 5) is 0. The second-order valence-electron chi connectivity index (χ2n) is 3.15. The summed E-state index contributed by atoms with van der Waals surface area (Å²) in [7, 11) is 0. The second kappa shape index (κ2) is 3.55. The van der Waals surface area contributed by atoms with Crippen molar-refractivity contribution in [2.24, 2.45) is 0 Å². The molecule has 0 saturated carbocycles. The first-order chi connectivity index (χ1) is 7.50. The first-order valence-corrected chi connectivity index (χ1v) is 4.37. The summed E-state index contributed by atoms with van der Waals surface area (Å²) in [5, 5.41) is 3.35. The summed E-state index contributed by atoms with van der Waals surface area (Å²) in [5.74, 6) is -0.128. The number of alkyl halides is 3. The molecule has 0 saturated heterocycles. The maximum absolute atomic E-state index is 12.7. The predicted octanol–water partition coefficient (Wildman–Crippen LogP) is 2.94. The number of benzene rings is 1. The van der Waals surface area contributed by atoms with Crippen LogP contribution in [0.4, 0.5) is 19.1 Å². The fourth-order valence-electron chi connectivity index (χ4n) is 1.42. The van der Waals surface area contributed by atoms with Gasteiger partial charge in [0.1, 0.15) is 0 Å². The lowest BCUT2D eigenvalue weighted by atomic mass is 10.0. The van der Waals surface area contributed by atoms with Crippen molar-refractivity contribution in [1.82, 2.24) is 5.16 Å². The molecule has 16 heavy (non-hydrogen) atoms. The van der Waals surface area contributed by atoms with Crippen LogP contribution in [-0.2, 0) is 6.18 Å². The second-order valence-corrected chi connectivity index (χ2v) is 3.15. The Morgan fingerprint density at radius 3 is 2.38 bits per heavy atom. The number of nitrogen functional groups attached to an aromatic ring is 1. The van der Waals surface area contributed by atoms with Crippen LogP contribution in [0.15, 0.2) is 35.0 Å². The van der Waals surface area contributed by atoms with E-state index in [-0.39, 0.29) is 17.0 Å². The molecule has 6 heteroatoms. The molecule has 3 nitrogen and oxygen atoms in total. The van der Waals surface area contributed by atoms with E-state index in [1.807, 2.05) is 0 Å². The molecule has 0 radical (unpaired) electrons. The smallest absolute Gasteiger partial charge is 0.367 e. The van der Waals surface area contributed by atoms with Gasteiger partial charge >= 0.3 is 6.18 Å². The zero-order valence-electron chi connectivity index (χ0n) is 7.95. The van der Waals surface area contributed by atoms with E-state index in [1.54, 1.807) is 0 Å². The Hall–Kier alpha value is -1.98. The molecule has 0 atom stereocenters. The van der Waals surface area contributed by atoms with E-state index < -0.39 is 11.7 Å². The van der Waals surface area contributed by atoms with Gasteiger partial charge in [-0.15, -0.1) is 0 Å². The molecule has 0 amide bonds. The van der Waals surface area contributed by atoms with Crippen molar-refractivity contribution in [3.63, 3.8) is 0 Å². The Balaban J connectivity index is 2.62. The van der Waals surface area contributed by atoms with Gasteiger partial charge in [-0.1, -0.05) is 23.4 Å². The highest BCUT2D eigenvalue weighted by atomic mass is 19.4. The topological polar surface area (TPSA) is 52.0 Å². The zero-order valence-corrected chi connectivity index (χ0v) is 7.95. The summed E-state index contributed by atoms with van der Waals surface area (Å²) in [5.41, 5.74) is 4.74. The molecule has 2 rings (SSSR count). The molecule has 2 aromatic rings. The van der Waals surface area contributed by atoms with E-state index in [0.717, 1.165) is 6.07 Å². The summed E-state index contributed by atoms with van der Waals surface area (Å²) < 4.78 is 42.6. The number of rotatable bonds is 1. The molecule has 0 aliphatic heterocycles. The predicted molar refractivity (Wildman–Crippen MR) is 51.4 cm³/mol. The molecule has 1 aromatic heterocycles. The Morgan fingerprint density at radius 2 is 1.81 bits per heavy atom. The van der Waals surface area contributed by atoms with Crippen molar-refractivity contribution in [2.45, 2.75) is 6.18 Å². The summed E-state index contributed by atoms with van der Waals surface area (Å²) >= 11 is 0. The van der Waals surface area contributed by atoms with Crippen LogP contribution in [0.3, 0.4) is 0 Å².